The fourth-order valence-corrected chi connectivity index (χ4v) is 2.80. The van der Waals surface area contributed by atoms with E-state index >= 15 is 0 Å². The molecule has 0 spiro atoms. The Hall–Kier alpha value is -1.66. The predicted molar refractivity (Wildman–Crippen MR) is 82.7 cm³/mol. The van der Waals surface area contributed by atoms with Crippen LogP contribution >= 0.6 is 11.6 Å². The largest absolute Gasteiger partial charge is 0.481 e. The monoisotopic (exact) mass is 343 g/mol. The van der Waals surface area contributed by atoms with E-state index in [1.54, 1.807) is 0 Å². The molecular weight excluding hydrogens is 325 g/mol. The molecule has 0 bridgehead atoms. The van der Waals surface area contributed by atoms with Crippen molar-refractivity contribution >= 4 is 23.5 Å². The van der Waals surface area contributed by atoms with E-state index in [1.807, 2.05) is 6.92 Å². The third-order valence-electron chi connectivity index (χ3n) is 3.90. The first-order chi connectivity index (χ1) is 10.9. The number of carboxylic acids is 1. The van der Waals surface area contributed by atoms with Gasteiger partial charge < -0.3 is 15.2 Å². The summed E-state index contributed by atoms with van der Waals surface area (Å²) in [5.41, 5.74) is 0.378. The van der Waals surface area contributed by atoms with E-state index in [4.69, 9.17) is 21.4 Å². The smallest absolute Gasteiger partial charge is 0.305 e. The van der Waals surface area contributed by atoms with Crippen LogP contribution in [-0.4, -0.2) is 29.7 Å². The number of hydrogen-bond acceptors (Lipinski definition) is 3. The van der Waals surface area contributed by atoms with Crippen molar-refractivity contribution in [3.8, 4) is 0 Å². The van der Waals surface area contributed by atoms with Crippen LogP contribution < -0.4 is 5.32 Å². The standard InChI is InChI=1S/C16H19ClFNO4/c1-9-6-11(4-5-23-9)16(22)19-14(8-15(20)21)10-2-3-12(17)13(18)7-10/h2-3,7,9,11,14H,4-6,8H2,1H3,(H,19,22)(H,20,21). The maximum absolute atomic E-state index is 13.6. The zero-order valence-corrected chi connectivity index (χ0v) is 13.5. The van der Waals surface area contributed by atoms with Crippen molar-refractivity contribution in [1.82, 2.24) is 5.32 Å². The molecule has 3 atom stereocenters. The first-order valence-corrected chi connectivity index (χ1v) is 7.83. The summed E-state index contributed by atoms with van der Waals surface area (Å²) >= 11 is 5.64. The molecule has 1 aliphatic rings. The minimum absolute atomic E-state index is 0.00889. The van der Waals surface area contributed by atoms with E-state index < -0.39 is 17.8 Å². The van der Waals surface area contributed by atoms with E-state index in [0.29, 0.717) is 25.0 Å². The second kappa shape index (κ2) is 7.75. The lowest BCUT2D eigenvalue weighted by molar-refractivity contribution is -0.138. The molecule has 1 aromatic rings. The van der Waals surface area contributed by atoms with Gasteiger partial charge in [-0.3, -0.25) is 9.59 Å². The summed E-state index contributed by atoms with van der Waals surface area (Å²) in [5.74, 6) is -2.19. The number of halogens is 2. The normalized spacial score (nSPS) is 22.4. The van der Waals surface area contributed by atoms with Crippen LogP contribution in [0.1, 0.15) is 37.8 Å². The fourth-order valence-electron chi connectivity index (χ4n) is 2.68. The Morgan fingerprint density at radius 1 is 1.52 bits per heavy atom. The van der Waals surface area contributed by atoms with Gasteiger partial charge in [0.1, 0.15) is 5.82 Å². The molecule has 0 aliphatic carbocycles. The molecule has 7 heteroatoms. The van der Waals surface area contributed by atoms with Gasteiger partial charge in [-0.1, -0.05) is 17.7 Å². The highest BCUT2D eigenvalue weighted by Gasteiger charge is 2.28. The maximum atomic E-state index is 13.6. The van der Waals surface area contributed by atoms with Gasteiger partial charge in [0.15, 0.2) is 0 Å². The second-order valence-electron chi connectivity index (χ2n) is 5.74. The van der Waals surface area contributed by atoms with Crippen LogP contribution in [0.3, 0.4) is 0 Å². The molecule has 3 unspecified atom stereocenters. The van der Waals surface area contributed by atoms with E-state index in [1.165, 1.54) is 12.1 Å². The van der Waals surface area contributed by atoms with Gasteiger partial charge in [-0.25, -0.2) is 4.39 Å². The lowest BCUT2D eigenvalue weighted by Crippen LogP contribution is -2.39. The van der Waals surface area contributed by atoms with Crippen molar-refractivity contribution in [2.24, 2.45) is 5.92 Å². The highest BCUT2D eigenvalue weighted by atomic mass is 35.5. The van der Waals surface area contributed by atoms with Gasteiger partial charge in [-0.2, -0.15) is 0 Å². The lowest BCUT2D eigenvalue weighted by Gasteiger charge is -2.28. The topological polar surface area (TPSA) is 75.6 Å². The molecule has 1 aliphatic heterocycles. The Morgan fingerprint density at radius 3 is 2.87 bits per heavy atom. The van der Waals surface area contributed by atoms with Gasteiger partial charge >= 0.3 is 5.97 Å². The molecule has 2 N–H and O–H groups in total. The van der Waals surface area contributed by atoms with Crippen molar-refractivity contribution in [3.63, 3.8) is 0 Å². The number of aliphatic carboxylic acids is 1. The van der Waals surface area contributed by atoms with Gasteiger partial charge in [0.25, 0.3) is 0 Å². The molecule has 0 aromatic heterocycles. The van der Waals surface area contributed by atoms with Crippen LogP contribution in [-0.2, 0) is 14.3 Å². The number of amides is 1. The zero-order chi connectivity index (χ0) is 17.0. The molecule has 0 saturated carbocycles. The lowest BCUT2D eigenvalue weighted by atomic mass is 9.94. The third kappa shape index (κ3) is 4.91. The Labute approximate surface area is 138 Å². The Morgan fingerprint density at radius 2 is 2.26 bits per heavy atom. The van der Waals surface area contributed by atoms with E-state index in [0.717, 1.165) is 6.07 Å². The average molecular weight is 344 g/mol. The molecule has 1 heterocycles. The summed E-state index contributed by atoms with van der Waals surface area (Å²) in [5, 5.41) is 11.7. The Balaban J connectivity index is 2.13. The predicted octanol–water partition coefficient (Wildman–Crippen LogP) is 2.93. The highest BCUT2D eigenvalue weighted by Crippen LogP contribution is 2.25. The summed E-state index contributed by atoms with van der Waals surface area (Å²) in [6.45, 7) is 2.39. The highest BCUT2D eigenvalue weighted by molar-refractivity contribution is 6.30. The molecule has 23 heavy (non-hydrogen) atoms. The second-order valence-corrected chi connectivity index (χ2v) is 6.14. The van der Waals surface area contributed by atoms with Crippen LogP contribution in [0.25, 0.3) is 0 Å². The SMILES string of the molecule is CC1CC(C(=O)NC(CC(=O)O)c2ccc(Cl)c(F)c2)CCO1. The number of carbonyl (C=O) groups excluding carboxylic acids is 1. The number of benzene rings is 1. The summed E-state index contributed by atoms with van der Waals surface area (Å²) in [6, 6.07) is 3.23. The number of carbonyl (C=O) groups is 2. The zero-order valence-electron chi connectivity index (χ0n) is 12.7. The van der Waals surface area contributed by atoms with E-state index in [-0.39, 0.29) is 29.4 Å². The van der Waals surface area contributed by atoms with Gasteiger partial charge in [0.05, 0.1) is 23.6 Å². The van der Waals surface area contributed by atoms with Gasteiger partial charge in [0, 0.05) is 12.5 Å². The molecule has 5 nitrogen and oxygen atoms in total. The third-order valence-corrected chi connectivity index (χ3v) is 4.20. The van der Waals surface area contributed by atoms with Crippen LogP contribution in [0.2, 0.25) is 5.02 Å². The first kappa shape index (κ1) is 17.7. The molecule has 0 radical (unpaired) electrons. The van der Waals surface area contributed by atoms with Crippen molar-refractivity contribution < 1.29 is 23.8 Å². The van der Waals surface area contributed by atoms with Gasteiger partial charge in [0.2, 0.25) is 5.91 Å². The Bertz CT molecular complexity index is 595. The van der Waals surface area contributed by atoms with Crippen LogP contribution in [0.5, 0.6) is 0 Å². The Kier molecular flexibility index (Phi) is 5.96. The van der Waals surface area contributed by atoms with Crippen molar-refractivity contribution in [2.45, 2.75) is 38.3 Å². The molecular formula is C16H19ClFNO4. The summed E-state index contributed by atoms with van der Waals surface area (Å²) in [7, 11) is 0. The number of carboxylic acid groups (broad SMARTS) is 1. The summed E-state index contributed by atoms with van der Waals surface area (Å²) in [4.78, 5) is 23.4. The maximum Gasteiger partial charge on any atom is 0.305 e. The minimum atomic E-state index is -1.08. The number of hydrogen-bond donors (Lipinski definition) is 2. The van der Waals surface area contributed by atoms with Gasteiger partial charge in [-0.05, 0) is 37.5 Å². The fraction of sp³-hybridized carbons (Fsp3) is 0.500. The molecule has 1 saturated heterocycles. The van der Waals surface area contributed by atoms with Crippen LogP contribution in [0.4, 0.5) is 4.39 Å². The van der Waals surface area contributed by atoms with E-state index in [2.05, 4.69) is 5.32 Å². The molecule has 2 rings (SSSR count). The average Bonchev–Trinajstić information content (AvgIpc) is 2.49. The number of nitrogens with one attached hydrogen (secondary N) is 1. The summed E-state index contributed by atoms with van der Waals surface area (Å²) < 4.78 is 19.0. The number of rotatable bonds is 5. The molecule has 126 valence electrons. The first-order valence-electron chi connectivity index (χ1n) is 7.45. The number of ether oxygens (including phenoxy) is 1. The van der Waals surface area contributed by atoms with Crippen molar-refractivity contribution in [2.75, 3.05) is 6.61 Å². The molecule has 1 fully saturated rings. The summed E-state index contributed by atoms with van der Waals surface area (Å²) in [6.07, 6.45) is 0.835. The quantitative estimate of drug-likeness (QED) is 0.862. The minimum Gasteiger partial charge on any atom is -0.481 e. The molecule has 1 aromatic carbocycles. The molecule has 1 amide bonds. The van der Waals surface area contributed by atoms with Gasteiger partial charge in [-0.15, -0.1) is 0 Å². The van der Waals surface area contributed by atoms with Crippen LogP contribution in [0, 0.1) is 11.7 Å². The van der Waals surface area contributed by atoms with Crippen molar-refractivity contribution in [1.29, 1.82) is 0 Å². The van der Waals surface area contributed by atoms with Crippen molar-refractivity contribution in [3.05, 3.63) is 34.6 Å². The van der Waals surface area contributed by atoms with Crippen LogP contribution in [0.15, 0.2) is 18.2 Å². The van der Waals surface area contributed by atoms with E-state index in [9.17, 15) is 14.0 Å².